The fourth-order valence-electron chi connectivity index (χ4n) is 5.96. The Morgan fingerprint density at radius 1 is 1.05 bits per heavy atom. The average molecular weight is 273 g/mol. The zero-order chi connectivity index (χ0) is 13.6. The van der Waals surface area contributed by atoms with E-state index in [2.05, 4.69) is 17.5 Å². The van der Waals surface area contributed by atoms with Crippen LogP contribution in [-0.4, -0.2) is 12.5 Å². The van der Waals surface area contributed by atoms with E-state index in [0.717, 1.165) is 43.6 Å². The van der Waals surface area contributed by atoms with Crippen LogP contribution < -0.4 is 5.32 Å². The second-order valence-electron chi connectivity index (χ2n) is 8.12. The molecule has 1 amide bonds. The van der Waals surface area contributed by atoms with Crippen LogP contribution in [0.3, 0.4) is 0 Å². The number of carbonyl (C=O) groups is 1. The fraction of sp³-hybridized carbons (Fsp3) is 0.833. The molecule has 5 aliphatic rings. The topological polar surface area (TPSA) is 29.1 Å². The fourth-order valence-corrected chi connectivity index (χ4v) is 5.96. The zero-order valence-electron chi connectivity index (χ0n) is 12.4. The summed E-state index contributed by atoms with van der Waals surface area (Å²) in [5, 5.41) is 3.34. The second-order valence-corrected chi connectivity index (χ2v) is 8.12. The Kier molecular flexibility index (Phi) is 3.16. The van der Waals surface area contributed by atoms with Crippen molar-refractivity contribution >= 4 is 5.91 Å². The van der Waals surface area contributed by atoms with Gasteiger partial charge in [-0.2, -0.15) is 0 Å². The molecule has 2 nitrogen and oxygen atoms in total. The minimum atomic E-state index is 0.244. The molecule has 0 saturated heterocycles. The molecule has 0 spiro atoms. The lowest BCUT2D eigenvalue weighted by atomic mass is 9.49. The molecule has 2 heteroatoms. The summed E-state index contributed by atoms with van der Waals surface area (Å²) in [6, 6.07) is 0. The van der Waals surface area contributed by atoms with Gasteiger partial charge in [0.1, 0.15) is 0 Å². The van der Waals surface area contributed by atoms with E-state index in [4.69, 9.17) is 0 Å². The Bertz CT molecular complexity index is 390. The molecule has 4 bridgehead atoms. The van der Waals surface area contributed by atoms with E-state index in [0.29, 0.717) is 11.3 Å². The molecule has 110 valence electrons. The average Bonchev–Trinajstić information content (AvgIpc) is 2.44. The number of hydrogen-bond donors (Lipinski definition) is 1. The molecule has 5 rings (SSSR count). The summed E-state index contributed by atoms with van der Waals surface area (Å²) in [6.07, 6.45) is 16.1. The van der Waals surface area contributed by atoms with E-state index in [1.165, 1.54) is 38.5 Å². The zero-order valence-corrected chi connectivity index (χ0v) is 12.4. The molecule has 0 radical (unpaired) electrons. The van der Waals surface area contributed by atoms with Gasteiger partial charge >= 0.3 is 0 Å². The SMILES string of the molecule is O=C(NCC12CC3CC(CC(C3)C1)C2)C1CC=CCC1. The lowest BCUT2D eigenvalue weighted by molar-refractivity contribution is -0.127. The van der Waals surface area contributed by atoms with Crippen molar-refractivity contribution in [3.8, 4) is 0 Å². The lowest BCUT2D eigenvalue weighted by Gasteiger charge is -2.57. The maximum atomic E-state index is 12.3. The third kappa shape index (κ3) is 2.31. The van der Waals surface area contributed by atoms with Crippen molar-refractivity contribution in [2.75, 3.05) is 6.54 Å². The minimum Gasteiger partial charge on any atom is -0.355 e. The number of carbonyl (C=O) groups excluding carboxylic acids is 1. The van der Waals surface area contributed by atoms with Gasteiger partial charge in [-0.3, -0.25) is 4.79 Å². The van der Waals surface area contributed by atoms with Gasteiger partial charge in [0.05, 0.1) is 0 Å². The van der Waals surface area contributed by atoms with Crippen molar-refractivity contribution in [3.05, 3.63) is 12.2 Å². The van der Waals surface area contributed by atoms with Crippen molar-refractivity contribution in [3.63, 3.8) is 0 Å². The van der Waals surface area contributed by atoms with Crippen LogP contribution in [0.5, 0.6) is 0 Å². The normalized spacial score (nSPS) is 45.6. The van der Waals surface area contributed by atoms with Crippen LogP contribution in [0.4, 0.5) is 0 Å². The molecule has 1 N–H and O–H groups in total. The summed E-state index contributed by atoms with van der Waals surface area (Å²) in [5.41, 5.74) is 0.481. The summed E-state index contributed by atoms with van der Waals surface area (Å²) < 4.78 is 0. The van der Waals surface area contributed by atoms with Gasteiger partial charge in [0.25, 0.3) is 0 Å². The third-order valence-electron chi connectivity index (χ3n) is 6.44. The van der Waals surface area contributed by atoms with Crippen molar-refractivity contribution in [1.82, 2.24) is 5.32 Å². The Balaban J connectivity index is 1.37. The molecule has 1 atom stereocenters. The largest absolute Gasteiger partial charge is 0.355 e. The number of hydrogen-bond acceptors (Lipinski definition) is 1. The first kappa shape index (κ1) is 12.9. The monoisotopic (exact) mass is 273 g/mol. The van der Waals surface area contributed by atoms with Gasteiger partial charge in [0.2, 0.25) is 5.91 Å². The van der Waals surface area contributed by atoms with Gasteiger partial charge in [-0.05, 0) is 81.0 Å². The predicted octanol–water partition coefficient (Wildman–Crippen LogP) is 3.68. The first-order valence-corrected chi connectivity index (χ1v) is 8.65. The van der Waals surface area contributed by atoms with E-state index in [9.17, 15) is 4.79 Å². The minimum absolute atomic E-state index is 0.244. The molecule has 0 aliphatic heterocycles. The van der Waals surface area contributed by atoms with Crippen LogP contribution in [0.2, 0.25) is 0 Å². The van der Waals surface area contributed by atoms with Gasteiger partial charge in [-0.15, -0.1) is 0 Å². The maximum Gasteiger partial charge on any atom is 0.223 e. The van der Waals surface area contributed by atoms with Gasteiger partial charge in [0, 0.05) is 12.5 Å². The first-order valence-electron chi connectivity index (χ1n) is 8.65. The number of rotatable bonds is 3. The predicted molar refractivity (Wildman–Crippen MR) is 80.1 cm³/mol. The Morgan fingerprint density at radius 3 is 2.25 bits per heavy atom. The standard InChI is InChI=1S/C18H27NO/c20-17(16-4-2-1-3-5-16)19-12-18-9-13-6-14(10-18)8-15(7-13)11-18/h1-2,13-16H,3-12H2,(H,19,20). The molecule has 5 aliphatic carbocycles. The Hall–Kier alpha value is -0.790. The molecule has 20 heavy (non-hydrogen) atoms. The summed E-state index contributed by atoms with van der Waals surface area (Å²) >= 11 is 0. The highest BCUT2D eigenvalue weighted by molar-refractivity contribution is 5.79. The second kappa shape index (κ2) is 4.89. The smallest absolute Gasteiger partial charge is 0.223 e. The highest BCUT2D eigenvalue weighted by Gasteiger charge is 2.50. The van der Waals surface area contributed by atoms with E-state index in [-0.39, 0.29) is 5.92 Å². The highest BCUT2D eigenvalue weighted by Crippen LogP contribution is 2.59. The molecule has 4 fully saturated rings. The molecule has 0 heterocycles. The van der Waals surface area contributed by atoms with Crippen molar-refractivity contribution in [2.24, 2.45) is 29.1 Å². The van der Waals surface area contributed by atoms with Crippen molar-refractivity contribution < 1.29 is 4.79 Å². The van der Waals surface area contributed by atoms with Crippen LogP contribution in [0, 0.1) is 29.1 Å². The van der Waals surface area contributed by atoms with E-state index in [1.807, 2.05) is 0 Å². The summed E-state index contributed by atoms with van der Waals surface area (Å²) in [6.45, 7) is 0.968. The maximum absolute atomic E-state index is 12.3. The van der Waals surface area contributed by atoms with Crippen LogP contribution >= 0.6 is 0 Å². The molecule has 0 aromatic rings. The molecular weight excluding hydrogens is 246 g/mol. The van der Waals surface area contributed by atoms with Gasteiger partial charge in [0.15, 0.2) is 0 Å². The van der Waals surface area contributed by atoms with Gasteiger partial charge in [-0.25, -0.2) is 0 Å². The van der Waals surface area contributed by atoms with Gasteiger partial charge < -0.3 is 5.32 Å². The van der Waals surface area contributed by atoms with Crippen molar-refractivity contribution in [1.29, 1.82) is 0 Å². The number of amides is 1. The molecule has 4 saturated carbocycles. The Morgan fingerprint density at radius 2 is 1.70 bits per heavy atom. The van der Waals surface area contributed by atoms with Crippen LogP contribution in [0.25, 0.3) is 0 Å². The van der Waals surface area contributed by atoms with Crippen LogP contribution in [0.1, 0.15) is 57.8 Å². The number of allylic oxidation sites excluding steroid dienone is 2. The van der Waals surface area contributed by atoms with E-state index in [1.54, 1.807) is 0 Å². The Labute approximate surface area is 122 Å². The van der Waals surface area contributed by atoms with Crippen LogP contribution in [0.15, 0.2) is 12.2 Å². The molecular formula is C18H27NO. The molecule has 0 aromatic carbocycles. The van der Waals surface area contributed by atoms with E-state index < -0.39 is 0 Å². The number of nitrogens with one attached hydrogen (secondary N) is 1. The highest BCUT2D eigenvalue weighted by atomic mass is 16.1. The first-order chi connectivity index (χ1) is 9.72. The third-order valence-corrected chi connectivity index (χ3v) is 6.44. The van der Waals surface area contributed by atoms with Gasteiger partial charge in [-0.1, -0.05) is 12.2 Å². The summed E-state index contributed by atoms with van der Waals surface area (Å²) in [7, 11) is 0. The molecule has 1 unspecified atom stereocenters. The van der Waals surface area contributed by atoms with Crippen LogP contribution in [-0.2, 0) is 4.79 Å². The van der Waals surface area contributed by atoms with E-state index >= 15 is 0 Å². The quantitative estimate of drug-likeness (QED) is 0.781. The summed E-state index contributed by atoms with van der Waals surface area (Å²) in [5.74, 6) is 3.52. The lowest BCUT2D eigenvalue weighted by Crippen LogP contribution is -2.51. The summed E-state index contributed by atoms with van der Waals surface area (Å²) in [4.78, 5) is 12.3. The van der Waals surface area contributed by atoms with Crippen molar-refractivity contribution in [2.45, 2.75) is 57.8 Å². The molecule has 0 aromatic heterocycles.